The summed E-state index contributed by atoms with van der Waals surface area (Å²) in [6.07, 6.45) is 0. The van der Waals surface area contributed by atoms with Crippen LogP contribution in [0.2, 0.25) is 5.02 Å². The van der Waals surface area contributed by atoms with E-state index in [4.69, 9.17) is 21.1 Å². The minimum absolute atomic E-state index is 0.121. The van der Waals surface area contributed by atoms with Crippen molar-refractivity contribution in [3.8, 4) is 34.0 Å². The molecule has 0 spiro atoms. The number of nitrogens with one attached hydrogen (secondary N) is 1. The minimum atomic E-state index is -3.89. The third-order valence-electron chi connectivity index (χ3n) is 4.79. The van der Waals surface area contributed by atoms with Gasteiger partial charge in [-0.2, -0.15) is 23.1 Å². The van der Waals surface area contributed by atoms with E-state index in [0.717, 1.165) is 5.56 Å². The van der Waals surface area contributed by atoms with E-state index < -0.39 is 10.0 Å². The first-order chi connectivity index (χ1) is 15.4. The molecule has 0 fully saturated rings. The molecule has 0 saturated carbocycles. The van der Waals surface area contributed by atoms with Crippen LogP contribution in [-0.4, -0.2) is 32.5 Å². The zero-order valence-electron chi connectivity index (χ0n) is 17.3. The van der Waals surface area contributed by atoms with Crippen LogP contribution in [0.3, 0.4) is 0 Å². The van der Waals surface area contributed by atoms with Crippen molar-refractivity contribution < 1.29 is 17.9 Å². The van der Waals surface area contributed by atoms with Gasteiger partial charge >= 0.3 is 0 Å². The lowest BCUT2D eigenvalue weighted by molar-refractivity contribution is 0.395. The molecule has 1 heterocycles. The number of methoxy groups -OCH3 is 2. The second kappa shape index (κ2) is 8.94. The Morgan fingerprint density at radius 3 is 2.28 bits per heavy atom. The molecule has 164 valence electrons. The number of hydrogen-bond donors (Lipinski definition) is 1. The number of ether oxygens (including phenoxy) is 2. The summed E-state index contributed by atoms with van der Waals surface area (Å²) < 4.78 is 36.8. The van der Waals surface area contributed by atoms with Crippen LogP contribution in [0.25, 0.3) is 22.5 Å². The van der Waals surface area contributed by atoms with Crippen molar-refractivity contribution in [3.05, 3.63) is 83.9 Å². The van der Waals surface area contributed by atoms with Gasteiger partial charge in [0, 0.05) is 22.2 Å². The van der Waals surface area contributed by atoms with E-state index in [9.17, 15) is 8.42 Å². The average molecular weight is 470 g/mol. The molecular formula is C23H20ClN3O4S. The van der Waals surface area contributed by atoms with E-state index in [0.29, 0.717) is 33.5 Å². The molecule has 0 aliphatic rings. The Hall–Kier alpha value is -3.49. The summed E-state index contributed by atoms with van der Waals surface area (Å²) in [4.78, 5) is 3.90. The lowest BCUT2D eigenvalue weighted by Crippen LogP contribution is -2.25. The SMILES string of the molecule is COc1ccc(-c2cc(-c3ccc(Cl)cc3)nn2NS(=O)(=O)c2ccccc2)c(OC)c1. The Balaban J connectivity index is 1.85. The monoisotopic (exact) mass is 469 g/mol. The molecule has 0 atom stereocenters. The number of hydrogen-bond acceptors (Lipinski definition) is 5. The van der Waals surface area contributed by atoms with Gasteiger partial charge in [-0.1, -0.05) is 41.9 Å². The van der Waals surface area contributed by atoms with Crippen molar-refractivity contribution in [2.45, 2.75) is 4.90 Å². The molecule has 0 aliphatic heterocycles. The normalized spacial score (nSPS) is 11.2. The molecule has 0 radical (unpaired) electrons. The summed E-state index contributed by atoms with van der Waals surface area (Å²) in [7, 11) is -0.792. The molecule has 7 nitrogen and oxygen atoms in total. The number of benzene rings is 3. The van der Waals surface area contributed by atoms with Gasteiger partial charge in [0.15, 0.2) is 0 Å². The summed E-state index contributed by atoms with van der Waals surface area (Å²) in [5.41, 5.74) is 2.47. The Morgan fingerprint density at radius 2 is 1.62 bits per heavy atom. The van der Waals surface area contributed by atoms with Crippen LogP contribution < -0.4 is 14.3 Å². The smallest absolute Gasteiger partial charge is 0.276 e. The fourth-order valence-corrected chi connectivity index (χ4v) is 4.29. The number of nitrogens with zero attached hydrogens (tertiary/aromatic N) is 2. The van der Waals surface area contributed by atoms with Gasteiger partial charge in [0.25, 0.3) is 10.0 Å². The van der Waals surface area contributed by atoms with Gasteiger partial charge in [0.05, 0.1) is 30.5 Å². The van der Waals surface area contributed by atoms with Gasteiger partial charge in [-0.05, 0) is 42.5 Å². The summed E-state index contributed by atoms with van der Waals surface area (Å²) in [6.45, 7) is 0. The lowest BCUT2D eigenvalue weighted by Gasteiger charge is -2.14. The Bertz CT molecular complexity index is 1340. The predicted octanol–water partition coefficient (Wildman–Crippen LogP) is 4.82. The summed E-state index contributed by atoms with van der Waals surface area (Å²) in [6, 6.07) is 22.3. The summed E-state index contributed by atoms with van der Waals surface area (Å²) in [5, 5.41) is 5.10. The van der Waals surface area contributed by atoms with E-state index in [2.05, 4.69) is 9.93 Å². The van der Waals surface area contributed by atoms with E-state index >= 15 is 0 Å². The second-order valence-corrected chi connectivity index (χ2v) is 8.90. The molecule has 1 aromatic heterocycles. The first-order valence-electron chi connectivity index (χ1n) is 9.57. The van der Waals surface area contributed by atoms with Crippen molar-refractivity contribution >= 4 is 21.6 Å². The van der Waals surface area contributed by atoms with Crippen LogP contribution in [0.15, 0.2) is 83.8 Å². The molecule has 4 rings (SSSR count). The zero-order chi connectivity index (χ0) is 22.7. The number of sulfonamides is 1. The van der Waals surface area contributed by atoms with Crippen LogP contribution in [0.4, 0.5) is 0 Å². The van der Waals surface area contributed by atoms with Gasteiger partial charge in [-0.3, -0.25) is 0 Å². The van der Waals surface area contributed by atoms with Crippen LogP contribution in [0.5, 0.6) is 11.5 Å². The fraction of sp³-hybridized carbons (Fsp3) is 0.0870. The van der Waals surface area contributed by atoms with Gasteiger partial charge < -0.3 is 9.47 Å². The van der Waals surface area contributed by atoms with Crippen molar-refractivity contribution in [1.82, 2.24) is 9.89 Å². The molecule has 0 saturated heterocycles. The van der Waals surface area contributed by atoms with Gasteiger partial charge in [0.2, 0.25) is 0 Å². The molecule has 0 amide bonds. The van der Waals surface area contributed by atoms with E-state index in [-0.39, 0.29) is 4.90 Å². The number of aromatic nitrogens is 2. The quantitative estimate of drug-likeness (QED) is 0.419. The van der Waals surface area contributed by atoms with Crippen molar-refractivity contribution in [2.24, 2.45) is 0 Å². The van der Waals surface area contributed by atoms with Gasteiger partial charge in [0.1, 0.15) is 11.5 Å². The first kappa shape index (κ1) is 21.7. The van der Waals surface area contributed by atoms with Crippen molar-refractivity contribution in [3.63, 3.8) is 0 Å². The molecule has 4 aromatic rings. The van der Waals surface area contributed by atoms with E-state index in [1.54, 1.807) is 61.7 Å². The highest BCUT2D eigenvalue weighted by Crippen LogP contribution is 2.35. The number of halogens is 1. The van der Waals surface area contributed by atoms with Crippen LogP contribution >= 0.6 is 11.6 Å². The Kier molecular flexibility index (Phi) is 6.07. The highest BCUT2D eigenvalue weighted by molar-refractivity contribution is 7.92. The fourth-order valence-electron chi connectivity index (χ4n) is 3.18. The molecular weight excluding hydrogens is 450 g/mol. The average Bonchev–Trinajstić information content (AvgIpc) is 3.22. The van der Waals surface area contributed by atoms with Gasteiger partial charge in [-0.15, -0.1) is 0 Å². The standard InChI is InChI=1S/C23H20ClN3O4S/c1-30-18-12-13-20(23(14-18)31-2)22-15-21(16-8-10-17(24)11-9-16)25-27(22)26-32(28,29)19-6-4-3-5-7-19/h3-15,26H,1-2H3. The van der Waals surface area contributed by atoms with Gasteiger partial charge in [-0.25, -0.2) is 0 Å². The predicted molar refractivity (Wildman–Crippen MR) is 124 cm³/mol. The Labute approximate surface area is 191 Å². The van der Waals surface area contributed by atoms with Crippen molar-refractivity contribution in [1.29, 1.82) is 0 Å². The maximum Gasteiger partial charge on any atom is 0.276 e. The van der Waals surface area contributed by atoms with E-state index in [1.807, 2.05) is 12.1 Å². The van der Waals surface area contributed by atoms with Crippen LogP contribution in [0, 0.1) is 0 Å². The number of rotatable bonds is 7. The highest BCUT2D eigenvalue weighted by Gasteiger charge is 2.21. The van der Waals surface area contributed by atoms with Crippen molar-refractivity contribution in [2.75, 3.05) is 19.1 Å². The molecule has 9 heteroatoms. The molecule has 32 heavy (non-hydrogen) atoms. The topological polar surface area (TPSA) is 82.5 Å². The molecule has 0 unspecified atom stereocenters. The second-order valence-electron chi connectivity index (χ2n) is 6.81. The minimum Gasteiger partial charge on any atom is -0.497 e. The third kappa shape index (κ3) is 4.42. The first-order valence-corrected chi connectivity index (χ1v) is 11.4. The lowest BCUT2D eigenvalue weighted by atomic mass is 10.1. The maximum atomic E-state index is 13.0. The maximum absolute atomic E-state index is 13.0. The Morgan fingerprint density at radius 1 is 0.906 bits per heavy atom. The molecule has 0 aliphatic carbocycles. The summed E-state index contributed by atoms with van der Waals surface area (Å²) >= 11 is 6.01. The molecule has 3 aromatic carbocycles. The highest BCUT2D eigenvalue weighted by atomic mass is 35.5. The third-order valence-corrected chi connectivity index (χ3v) is 6.35. The van der Waals surface area contributed by atoms with Crippen LogP contribution in [-0.2, 0) is 10.0 Å². The van der Waals surface area contributed by atoms with E-state index in [1.165, 1.54) is 24.0 Å². The molecule has 1 N–H and O–H groups in total. The molecule has 0 bridgehead atoms. The summed E-state index contributed by atoms with van der Waals surface area (Å²) in [5.74, 6) is 1.12. The largest absolute Gasteiger partial charge is 0.497 e. The zero-order valence-corrected chi connectivity index (χ0v) is 18.9. The van der Waals surface area contributed by atoms with Crippen LogP contribution in [0.1, 0.15) is 0 Å².